The number of carbonyl (C=O) groups is 1. The summed E-state index contributed by atoms with van der Waals surface area (Å²) in [5, 5.41) is 0. The minimum Gasteiger partial charge on any atom is -0.366 e. The Bertz CT molecular complexity index is 778. The van der Waals surface area contributed by atoms with Gasteiger partial charge < -0.3 is 10.7 Å². The number of para-hydroxylation sites is 1. The number of nitrogens with zero attached hydrogens (tertiary/aromatic N) is 2. The summed E-state index contributed by atoms with van der Waals surface area (Å²) in [4.78, 5) is 22.7. The highest BCUT2D eigenvalue weighted by Crippen LogP contribution is 2.55. The lowest BCUT2D eigenvalue weighted by Crippen LogP contribution is -2.44. The number of H-pyrrole nitrogens is 1. The predicted octanol–water partition coefficient (Wildman–Crippen LogP) is 2.14. The van der Waals surface area contributed by atoms with E-state index in [9.17, 15) is 4.79 Å². The van der Waals surface area contributed by atoms with Crippen LogP contribution in [0.1, 0.15) is 48.3 Å². The third-order valence-corrected chi connectivity index (χ3v) is 5.80. The van der Waals surface area contributed by atoms with E-state index in [1.807, 2.05) is 12.1 Å². The zero-order valence-corrected chi connectivity index (χ0v) is 12.5. The Hall–Kier alpha value is -1.88. The summed E-state index contributed by atoms with van der Waals surface area (Å²) in [6, 6.07) is 6.36. The highest BCUT2D eigenvalue weighted by atomic mass is 16.1. The van der Waals surface area contributed by atoms with E-state index in [1.54, 1.807) is 6.07 Å². The molecule has 5 nitrogen and oxygen atoms in total. The number of nitrogens with one attached hydrogen (secondary N) is 1. The molecule has 5 heteroatoms. The number of nitrogens with two attached hydrogens (primary N) is 1. The molecule has 1 amide bonds. The quantitative estimate of drug-likeness (QED) is 0.911. The highest BCUT2D eigenvalue weighted by molar-refractivity contribution is 6.04. The average molecular weight is 296 g/mol. The number of fused-ring (bicyclic) bond motifs is 3. The first kappa shape index (κ1) is 12.6. The van der Waals surface area contributed by atoms with Gasteiger partial charge in [-0.25, -0.2) is 4.98 Å². The average Bonchev–Trinajstić information content (AvgIpc) is 2.98. The van der Waals surface area contributed by atoms with Gasteiger partial charge in [0.25, 0.3) is 5.91 Å². The van der Waals surface area contributed by atoms with Crippen LogP contribution in [0.25, 0.3) is 11.0 Å². The molecule has 3 fully saturated rings. The van der Waals surface area contributed by atoms with E-state index in [2.05, 4.69) is 9.88 Å². The van der Waals surface area contributed by atoms with Crippen molar-refractivity contribution in [2.45, 2.75) is 43.7 Å². The van der Waals surface area contributed by atoms with Gasteiger partial charge in [-0.05, 0) is 50.2 Å². The number of likely N-dealkylation sites (tertiary alicyclic amines) is 1. The second-order valence-electron chi connectivity index (χ2n) is 7.18. The molecule has 114 valence electrons. The molecule has 3 aliphatic rings. The number of hydrogen-bond acceptors (Lipinski definition) is 3. The van der Waals surface area contributed by atoms with Gasteiger partial charge in [0.15, 0.2) is 0 Å². The Morgan fingerprint density at radius 3 is 2.95 bits per heavy atom. The third-order valence-electron chi connectivity index (χ3n) is 5.80. The van der Waals surface area contributed by atoms with Gasteiger partial charge in [-0.1, -0.05) is 6.07 Å². The van der Waals surface area contributed by atoms with Gasteiger partial charge in [0, 0.05) is 12.6 Å². The smallest absolute Gasteiger partial charge is 0.250 e. The molecule has 2 atom stereocenters. The maximum Gasteiger partial charge on any atom is 0.250 e. The number of aromatic amines is 1. The van der Waals surface area contributed by atoms with Gasteiger partial charge in [0.2, 0.25) is 0 Å². The number of amides is 1. The lowest BCUT2D eigenvalue weighted by atomic mass is 9.95. The van der Waals surface area contributed by atoms with E-state index < -0.39 is 5.91 Å². The number of hydrogen-bond donors (Lipinski definition) is 2. The molecule has 3 N–H and O–H groups in total. The van der Waals surface area contributed by atoms with Gasteiger partial charge >= 0.3 is 0 Å². The van der Waals surface area contributed by atoms with Crippen molar-refractivity contribution in [3.05, 3.63) is 29.6 Å². The molecule has 1 aliphatic heterocycles. The third kappa shape index (κ3) is 1.57. The van der Waals surface area contributed by atoms with Crippen LogP contribution < -0.4 is 5.73 Å². The first-order chi connectivity index (χ1) is 10.7. The molecule has 1 aromatic carbocycles. The monoisotopic (exact) mass is 296 g/mol. The first-order valence-electron chi connectivity index (χ1n) is 8.23. The van der Waals surface area contributed by atoms with E-state index in [4.69, 9.17) is 10.7 Å². The van der Waals surface area contributed by atoms with Crippen LogP contribution in [0, 0.1) is 5.92 Å². The molecule has 0 radical (unpaired) electrons. The Morgan fingerprint density at radius 1 is 1.36 bits per heavy atom. The zero-order valence-electron chi connectivity index (χ0n) is 12.5. The molecule has 2 bridgehead atoms. The molecular weight excluding hydrogens is 276 g/mol. The maximum atomic E-state index is 11.6. The largest absolute Gasteiger partial charge is 0.366 e. The molecule has 1 saturated heterocycles. The summed E-state index contributed by atoms with van der Waals surface area (Å²) in [5.41, 5.74) is 7.73. The van der Waals surface area contributed by atoms with Crippen molar-refractivity contribution < 1.29 is 4.79 Å². The van der Waals surface area contributed by atoms with Crippen molar-refractivity contribution in [1.29, 1.82) is 0 Å². The molecular formula is C17H20N4O. The molecule has 1 aromatic heterocycles. The molecule has 22 heavy (non-hydrogen) atoms. The van der Waals surface area contributed by atoms with Crippen LogP contribution in [-0.2, 0) is 5.54 Å². The van der Waals surface area contributed by atoms with E-state index in [0.717, 1.165) is 28.8 Å². The summed E-state index contributed by atoms with van der Waals surface area (Å²) in [7, 11) is 0. The zero-order chi connectivity index (χ0) is 14.9. The number of piperidine rings is 1. The van der Waals surface area contributed by atoms with Crippen molar-refractivity contribution in [3.63, 3.8) is 0 Å². The van der Waals surface area contributed by atoms with Crippen LogP contribution in [0.4, 0.5) is 0 Å². The Kier molecular flexibility index (Phi) is 2.36. The van der Waals surface area contributed by atoms with Crippen molar-refractivity contribution in [3.8, 4) is 0 Å². The number of aromatic nitrogens is 2. The maximum absolute atomic E-state index is 11.6. The normalized spacial score (nSPS) is 31.2. The second-order valence-corrected chi connectivity index (χ2v) is 7.18. The van der Waals surface area contributed by atoms with Crippen molar-refractivity contribution in [2.24, 2.45) is 11.7 Å². The van der Waals surface area contributed by atoms with Crippen molar-refractivity contribution in [1.82, 2.24) is 14.9 Å². The van der Waals surface area contributed by atoms with E-state index >= 15 is 0 Å². The van der Waals surface area contributed by atoms with E-state index in [1.165, 1.54) is 38.6 Å². The van der Waals surface area contributed by atoms with Crippen LogP contribution in [0.5, 0.6) is 0 Å². The fourth-order valence-corrected chi connectivity index (χ4v) is 4.68. The lowest BCUT2D eigenvalue weighted by molar-refractivity contribution is 0.0977. The van der Waals surface area contributed by atoms with Gasteiger partial charge in [-0.3, -0.25) is 9.69 Å². The molecule has 2 heterocycles. The van der Waals surface area contributed by atoms with Crippen LogP contribution >= 0.6 is 0 Å². The Morgan fingerprint density at radius 2 is 2.23 bits per heavy atom. The Balaban J connectivity index is 1.67. The lowest BCUT2D eigenvalue weighted by Gasteiger charge is -2.37. The molecule has 0 unspecified atom stereocenters. The van der Waals surface area contributed by atoms with Gasteiger partial charge in [0.05, 0.1) is 16.6 Å². The number of imidazole rings is 1. The molecule has 5 rings (SSSR count). The van der Waals surface area contributed by atoms with Crippen LogP contribution in [0.15, 0.2) is 18.2 Å². The molecule has 2 saturated carbocycles. The SMILES string of the molecule is NC(=O)c1cccc2[nH]c([C@@]34CC[C@@H](CN3C3CC3)C4)nc12. The minimum absolute atomic E-state index is 0.0692. The number of carbonyl (C=O) groups excluding carboxylic acids is 1. The van der Waals surface area contributed by atoms with Crippen LogP contribution in [-0.4, -0.2) is 33.4 Å². The van der Waals surface area contributed by atoms with E-state index in [-0.39, 0.29) is 5.54 Å². The predicted molar refractivity (Wildman–Crippen MR) is 83.4 cm³/mol. The summed E-state index contributed by atoms with van der Waals surface area (Å²) < 4.78 is 0. The summed E-state index contributed by atoms with van der Waals surface area (Å²) in [6.45, 7) is 1.21. The standard InChI is InChI=1S/C17H20N4O/c18-15(22)12-2-1-3-13-14(12)20-16(19-13)17-7-6-10(8-17)9-21(17)11-4-5-11/h1-3,10-11H,4-9H2,(H2,18,22)(H,19,20)/t10-,17+/m1/s1. The highest BCUT2D eigenvalue weighted by Gasteiger charge is 2.57. The number of benzene rings is 1. The summed E-state index contributed by atoms with van der Waals surface area (Å²) in [6.07, 6.45) is 6.32. The second kappa shape index (κ2) is 4.10. The molecule has 2 aromatic rings. The van der Waals surface area contributed by atoms with Gasteiger partial charge in [0.1, 0.15) is 11.3 Å². The number of rotatable bonds is 3. The molecule has 0 spiro atoms. The van der Waals surface area contributed by atoms with Crippen LogP contribution in [0.3, 0.4) is 0 Å². The minimum atomic E-state index is -0.407. The summed E-state index contributed by atoms with van der Waals surface area (Å²) in [5.74, 6) is 1.45. The fraction of sp³-hybridized carbons (Fsp3) is 0.529. The summed E-state index contributed by atoms with van der Waals surface area (Å²) >= 11 is 0. The topological polar surface area (TPSA) is 75.0 Å². The van der Waals surface area contributed by atoms with E-state index in [0.29, 0.717) is 5.56 Å². The molecule has 2 aliphatic carbocycles. The van der Waals surface area contributed by atoms with Crippen LogP contribution in [0.2, 0.25) is 0 Å². The Labute approximate surface area is 128 Å². The van der Waals surface area contributed by atoms with Crippen molar-refractivity contribution in [2.75, 3.05) is 6.54 Å². The van der Waals surface area contributed by atoms with Gasteiger partial charge in [-0.2, -0.15) is 0 Å². The fourth-order valence-electron chi connectivity index (χ4n) is 4.68. The number of primary amides is 1. The van der Waals surface area contributed by atoms with Crippen molar-refractivity contribution >= 4 is 16.9 Å². The first-order valence-corrected chi connectivity index (χ1v) is 8.23. The van der Waals surface area contributed by atoms with Gasteiger partial charge in [-0.15, -0.1) is 0 Å².